The van der Waals surface area contributed by atoms with Crippen molar-refractivity contribution in [2.45, 2.75) is 33.1 Å². The van der Waals surface area contributed by atoms with Gasteiger partial charge in [0.25, 0.3) is 5.91 Å². The minimum absolute atomic E-state index is 0.238. The zero-order chi connectivity index (χ0) is 17.8. The van der Waals surface area contributed by atoms with Crippen LogP contribution in [-0.2, 0) is 6.42 Å². The number of aryl methyl sites for hydroxylation is 2. The number of hydrogen-bond donors (Lipinski definition) is 1. The quantitative estimate of drug-likeness (QED) is 0.689. The van der Waals surface area contributed by atoms with Crippen LogP contribution in [0.3, 0.4) is 0 Å². The van der Waals surface area contributed by atoms with Gasteiger partial charge in [-0.05, 0) is 61.7 Å². The van der Waals surface area contributed by atoms with Crippen LogP contribution in [0.4, 0.5) is 10.1 Å². The maximum absolute atomic E-state index is 13.4. The molecule has 0 saturated carbocycles. The first-order valence-corrected chi connectivity index (χ1v) is 8.54. The number of fused-ring (bicyclic) bond motifs is 1. The van der Waals surface area contributed by atoms with Crippen molar-refractivity contribution in [1.29, 1.82) is 0 Å². The molecule has 3 rings (SSSR count). The maximum Gasteiger partial charge on any atom is 0.257 e. The van der Waals surface area contributed by atoms with E-state index in [0.717, 1.165) is 24.9 Å². The van der Waals surface area contributed by atoms with E-state index in [2.05, 4.69) is 17.2 Å². The lowest BCUT2D eigenvalue weighted by Gasteiger charge is -2.09. The summed E-state index contributed by atoms with van der Waals surface area (Å²) in [5.74, 6) is -0.579. The maximum atomic E-state index is 13.4. The first-order chi connectivity index (χ1) is 12.1. The Labute approximate surface area is 146 Å². The van der Waals surface area contributed by atoms with E-state index in [1.807, 2.05) is 24.3 Å². The number of hydrogen-bond acceptors (Lipinski definition) is 2. The fraction of sp³-hybridized carbons (Fsp3) is 0.238. The molecule has 0 unspecified atom stereocenters. The number of amides is 1. The number of rotatable bonds is 5. The molecule has 0 bridgehead atoms. The summed E-state index contributed by atoms with van der Waals surface area (Å²) in [5.41, 5.74) is 3.75. The molecule has 3 aromatic rings. The Morgan fingerprint density at radius 1 is 1.12 bits per heavy atom. The van der Waals surface area contributed by atoms with Crippen molar-refractivity contribution in [2.75, 3.05) is 5.32 Å². The molecule has 1 N–H and O–H groups in total. The minimum atomic E-state index is -0.341. The number of aromatic nitrogens is 1. The number of unbranched alkanes of at least 4 members (excludes halogenated alkanes) is 1. The number of anilines is 1. The Hall–Kier alpha value is -2.75. The molecule has 0 spiro atoms. The fourth-order valence-corrected chi connectivity index (χ4v) is 2.81. The molecule has 3 nitrogen and oxygen atoms in total. The molecular weight excluding hydrogens is 315 g/mol. The number of carbonyl (C=O) groups is 1. The zero-order valence-corrected chi connectivity index (χ0v) is 14.5. The summed E-state index contributed by atoms with van der Waals surface area (Å²) in [7, 11) is 0. The van der Waals surface area contributed by atoms with Crippen LogP contribution in [-0.4, -0.2) is 10.9 Å². The number of halogens is 1. The number of nitrogens with zero attached hydrogens (tertiary/aromatic N) is 1. The second-order valence-corrected chi connectivity index (χ2v) is 6.21. The molecule has 25 heavy (non-hydrogen) atoms. The average molecular weight is 336 g/mol. The normalized spacial score (nSPS) is 10.8. The third-order valence-corrected chi connectivity index (χ3v) is 4.24. The highest BCUT2D eigenvalue weighted by Gasteiger charge is 2.12. The summed E-state index contributed by atoms with van der Waals surface area (Å²) >= 11 is 0. The van der Waals surface area contributed by atoms with Gasteiger partial charge in [-0.15, -0.1) is 0 Å². The molecule has 4 heteroatoms. The Kier molecular flexibility index (Phi) is 5.08. The first kappa shape index (κ1) is 17.1. The lowest BCUT2D eigenvalue weighted by molar-refractivity contribution is 0.102. The van der Waals surface area contributed by atoms with Crippen molar-refractivity contribution >= 4 is 22.5 Å². The smallest absolute Gasteiger partial charge is 0.257 e. The van der Waals surface area contributed by atoms with Gasteiger partial charge in [0.15, 0.2) is 0 Å². The van der Waals surface area contributed by atoms with Crippen LogP contribution in [0, 0.1) is 12.7 Å². The van der Waals surface area contributed by atoms with Crippen LogP contribution in [0.15, 0.2) is 48.5 Å². The predicted molar refractivity (Wildman–Crippen MR) is 99.4 cm³/mol. The lowest BCUT2D eigenvalue weighted by atomic mass is 10.1. The van der Waals surface area contributed by atoms with E-state index in [4.69, 9.17) is 0 Å². The van der Waals surface area contributed by atoms with Crippen molar-refractivity contribution in [2.24, 2.45) is 0 Å². The second-order valence-electron chi connectivity index (χ2n) is 6.21. The van der Waals surface area contributed by atoms with Crippen LogP contribution in [0.25, 0.3) is 10.9 Å². The monoisotopic (exact) mass is 336 g/mol. The van der Waals surface area contributed by atoms with Crippen molar-refractivity contribution < 1.29 is 9.18 Å². The Balaban J connectivity index is 1.80. The van der Waals surface area contributed by atoms with Crippen molar-refractivity contribution in [1.82, 2.24) is 4.98 Å². The van der Waals surface area contributed by atoms with Crippen LogP contribution < -0.4 is 5.32 Å². The van der Waals surface area contributed by atoms with Gasteiger partial charge in [0.05, 0.1) is 16.8 Å². The van der Waals surface area contributed by atoms with Crippen LogP contribution in [0.5, 0.6) is 0 Å². The van der Waals surface area contributed by atoms with Crippen molar-refractivity contribution in [3.63, 3.8) is 0 Å². The number of carbonyl (C=O) groups excluding carboxylic acids is 1. The van der Waals surface area contributed by atoms with Gasteiger partial charge in [-0.2, -0.15) is 0 Å². The Morgan fingerprint density at radius 2 is 1.88 bits per heavy atom. The van der Waals surface area contributed by atoms with E-state index in [1.54, 1.807) is 19.1 Å². The summed E-state index contributed by atoms with van der Waals surface area (Å²) in [5, 5.41) is 3.51. The topological polar surface area (TPSA) is 42.0 Å². The largest absolute Gasteiger partial charge is 0.322 e. The average Bonchev–Trinajstić information content (AvgIpc) is 2.61. The van der Waals surface area contributed by atoms with Crippen LogP contribution in [0.1, 0.15) is 41.4 Å². The van der Waals surface area contributed by atoms with E-state index in [9.17, 15) is 9.18 Å². The Morgan fingerprint density at radius 3 is 2.60 bits per heavy atom. The highest BCUT2D eigenvalue weighted by Crippen LogP contribution is 2.19. The third kappa shape index (κ3) is 4.02. The van der Waals surface area contributed by atoms with E-state index in [1.165, 1.54) is 17.7 Å². The number of nitrogens with one attached hydrogen (secondary N) is 1. The molecule has 0 atom stereocenters. The molecule has 0 aliphatic heterocycles. The van der Waals surface area contributed by atoms with E-state index in [-0.39, 0.29) is 11.7 Å². The molecule has 0 radical (unpaired) electrons. The van der Waals surface area contributed by atoms with Gasteiger partial charge < -0.3 is 5.32 Å². The van der Waals surface area contributed by atoms with Gasteiger partial charge >= 0.3 is 0 Å². The van der Waals surface area contributed by atoms with Gasteiger partial charge in [0, 0.05) is 11.1 Å². The molecule has 0 aliphatic carbocycles. The van der Waals surface area contributed by atoms with Gasteiger partial charge in [0.1, 0.15) is 5.82 Å². The molecule has 1 aromatic heterocycles. The molecular formula is C21H21FN2O. The molecule has 0 aliphatic rings. The number of pyridine rings is 1. The zero-order valence-electron chi connectivity index (χ0n) is 14.5. The summed E-state index contributed by atoms with van der Waals surface area (Å²) in [6.07, 6.45) is 3.36. The van der Waals surface area contributed by atoms with Gasteiger partial charge in [0.2, 0.25) is 0 Å². The minimum Gasteiger partial charge on any atom is -0.322 e. The van der Waals surface area contributed by atoms with Crippen LogP contribution >= 0.6 is 0 Å². The fourth-order valence-electron chi connectivity index (χ4n) is 2.81. The van der Waals surface area contributed by atoms with E-state index < -0.39 is 0 Å². The Bertz CT molecular complexity index is 904. The molecule has 1 heterocycles. The lowest BCUT2D eigenvalue weighted by Crippen LogP contribution is -2.14. The van der Waals surface area contributed by atoms with Gasteiger partial charge in [-0.25, -0.2) is 4.39 Å². The predicted octanol–water partition coefficient (Wildman–Crippen LogP) is 5.28. The highest BCUT2D eigenvalue weighted by molar-refractivity contribution is 6.06. The first-order valence-electron chi connectivity index (χ1n) is 8.54. The molecule has 1 amide bonds. The highest BCUT2D eigenvalue weighted by atomic mass is 19.1. The van der Waals surface area contributed by atoms with Gasteiger partial charge in [-0.1, -0.05) is 25.5 Å². The second kappa shape index (κ2) is 7.43. The molecule has 0 saturated heterocycles. The summed E-state index contributed by atoms with van der Waals surface area (Å²) in [4.78, 5) is 17.0. The summed E-state index contributed by atoms with van der Waals surface area (Å²) < 4.78 is 13.4. The molecule has 0 fully saturated rings. The molecule has 2 aromatic carbocycles. The standard InChI is InChI=1S/C21H21FN2O/c1-3-4-5-15-6-9-18(10-7-15)24-21(25)19-13-16-12-17(22)8-11-20(16)23-14(19)2/h6-13H,3-5H2,1-2H3,(H,24,25). The van der Waals surface area contributed by atoms with Gasteiger partial charge in [-0.3, -0.25) is 9.78 Å². The summed E-state index contributed by atoms with van der Waals surface area (Å²) in [6.45, 7) is 3.95. The number of benzene rings is 2. The van der Waals surface area contributed by atoms with E-state index in [0.29, 0.717) is 22.2 Å². The SMILES string of the molecule is CCCCc1ccc(NC(=O)c2cc3cc(F)ccc3nc2C)cc1. The van der Waals surface area contributed by atoms with Crippen LogP contribution in [0.2, 0.25) is 0 Å². The van der Waals surface area contributed by atoms with Crippen molar-refractivity contribution in [3.05, 3.63) is 71.2 Å². The summed E-state index contributed by atoms with van der Waals surface area (Å²) in [6, 6.07) is 14.0. The third-order valence-electron chi connectivity index (χ3n) is 4.24. The van der Waals surface area contributed by atoms with Crippen molar-refractivity contribution in [3.8, 4) is 0 Å². The van der Waals surface area contributed by atoms with E-state index >= 15 is 0 Å². The molecule has 128 valence electrons.